The Morgan fingerprint density at radius 3 is 2.76 bits per heavy atom. The van der Waals surface area contributed by atoms with Crippen LogP contribution < -0.4 is 5.73 Å². The van der Waals surface area contributed by atoms with Gasteiger partial charge in [0, 0.05) is 5.56 Å². The maximum Gasteiger partial charge on any atom is 0.508 e. The Kier molecular flexibility index (Phi) is 5.43. The van der Waals surface area contributed by atoms with E-state index in [9.17, 15) is 4.79 Å². The molecule has 174 valence electrons. The lowest BCUT2D eigenvalue weighted by atomic mass is 9.93. The fourth-order valence-electron chi connectivity index (χ4n) is 4.44. The first-order valence-electron chi connectivity index (χ1n) is 10.8. The highest BCUT2D eigenvalue weighted by Crippen LogP contribution is 2.50. The van der Waals surface area contributed by atoms with Gasteiger partial charge in [0.05, 0.1) is 11.8 Å². The molecule has 33 heavy (non-hydrogen) atoms. The van der Waals surface area contributed by atoms with Crippen molar-refractivity contribution in [2.24, 2.45) is 0 Å². The molecule has 5 atom stereocenters. The van der Waals surface area contributed by atoms with E-state index in [0.29, 0.717) is 11.3 Å². The number of fused-ring (bicyclic) bond motifs is 2. The van der Waals surface area contributed by atoms with Crippen LogP contribution in [-0.2, 0) is 29.3 Å². The lowest BCUT2D eigenvalue weighted by Crippen LogP contribution is -2.38. The second-order valence-corrected chi connectivity index (χ2v) is 8.55. The molecule has 0 bridgehead atoms. The zero-order chi connectivity index (χ0) is 23.2. The van der Waals surface area contributed by atoms with Gasteiger partial charge in [-0.1, -0.05) is 30.3 Å². The molecule has 2 aliphatic rings. The molecule has 4 heterocycles. The summed E-state index contributed by atoms with van der Waals surface area (Å²) in [6.07, 6.45) is -1.80. The number of nitrogen functional groups attached to an aromatic ring is 1. The molecule has 2 aromatic heterocycles. The van der Waals surface area contributed by atoms with Gasteiger partial charge in [-0.15, -0.1) is 0 Å². The summed E-state index contributed by atoms with van der Waals surface area (Å²) in [7, 11) is 0. The normalized spacial score (nSPS) is 28.8. The van der Waals surface area contributed by atoms with Gasteiger partial charge in [0.2, 0.25) is 0 Å². The number of hydrogen-bond donors (Lipinski definition) is 1. The standard InChI is InChI=1S/C23H26N4O6/c1-13(2)30-22(28)29-11-16-18-19(32-21(31-18)14-7-5-4-6-8-14)23(3,33-16)17-10-9-15-20(24)25-12-26-27(15)17/h4-10,12-13,16,18-19,21H,11H2,1-3H3,(H2,24,25,26)/t16-,18-,19-,21?,23+/m1/s1. The fraction of sp³-hybridized carbons (Fsp3) is 0.435. The third-order valence-corrected chi connectivity index (χ3v) is 5.91. The molecule has 10 nitrogen and oxygen atoms in total. The maximum atomic E-state index is 12.0. The second kappa shape index (κ2) is 8.29. The average molecular weight is 454 g/mol. The van der Waals surface area contributed by atoms with Crippen LogP contribution in [0.3, 0.4) is 0 Å². The molecule has 0 aliphatic carbocycles. The molecular formula is C23H26N4O6. The Morgan fingerprint density at radius 1 is 1.21 bits per heavy atom. The first kappa shape index (κ1) is 21.6. The summed E-state index contributed by atoms with van der Waals surface area (Å²) in [4.78, 5) is 16.0. The highest BCUT2D eigenvalue weighted by Gasteiger charge is 2.61. The topological polar surface area (TPSA) is 119 Å². The van der Waals surface area contributed by atoms with E-state index < -0.39 is 36.4 Å². The van der Waals surface area contributed by atoms with Gasteiger partial charge in [-0.3, -0.25) is 0 Å². The summed E-state index contributed by atoms with van der Waals surface area (Å²) in [6.45, 7) is 5.37. The van der Waals surface area contributed by atoms with E-state index in [2.05, 4.69) is 10.1 Å². The molecule has 0 radical (unpaired) electrons. The van der Waals surface area contributed by atoms with E-state index in [4.69, 9.17) is 29.4 Å². The van der Waals surface area contributed by atoms with Crippen molar-refractivity contribution in [3.63, 3.8) is 0 Å². The van der Waals surface area contributed by atoms with Crippen LogP contribution in [-0.4, -0.2) is 51.8 Å². The number of nitrogens with zero attached hydrogens (tertiary/aromatic N) is 3. The summed E-state index contributed by atoms with van der Waals surface area (Å²) in [5.74, 6) is 0.358. The monoisotopic (exact) mass is 454 g/mol. The van der Waals surface area contributed by atoms with Gasteiger partial charge in [-0.2, -0.15) is 5.10 Å². The first-order chi connectivity index (χ1) is 15.9. The van der Waals surface area contributed by atoms with Crippen LogP contribution in [0, 0.1) is 0 Å². The van der Waals surface area contributed by atoms with E-state index in [0.717, 1.165) is 11.3 Å². The van der Waals surface area contributed by atoms with Crippen LogP contribution in [0.25, 0.3) is 5.52 Å². The van der Waals surface area contributed by atoms with E-state index in [1.54, 1.807) is 18.4 Å². The predicted octanol–water partition coefficient (Wildman–Crippen LogP) is 2.97. The molecule has 1 aromatic carbocycles. The molecule has 0 saturated carbocycles. The second-order valence-electron chi connectivity index (χ2n) is 8.55. The van der Waals surface area contributed by atoms with E-state index >= 15 is 0 Å². The van der Waals surface area contributed by atoms with Crippen molar-refractivity contribution in [3.05, 3.63) is 60.0 Å². The van der Waals surface area contributed by atoms with Crippen LogP contribution in [0.5, 0.6) is 0 Å². The number of hydrogen-bond acceptors (Lipinski definition) is 9. The minimum absolute atomic E-state index is 0.0480. The molecular weight excluding hydrogens is 428 g/mol. The van der Waals surface area contributed by atoms with Crippen LogP contribution in [0.1, 0.15) is 38.3 Å². The number of carbonyl (C=O) groups excluding carboxylic acids is 1. The summed E-state index contributed by atoms with van der Waals surface area (Å²) < 4.78 is 31.2. The predicted molar refractivity (Wildman–Crippen MR) is 116 cm³/mol. The Morgan fingerprint density at radius 2 is 2.00 bits per heavy atom. The SMILES string of the molecule is CC(C)OC(=O)OC[C@H]1O[C@@](C)(c2ccc3c(N)ncnn23)[C@@H]2OC(c3ccccc3)O[C@@H]21. The van der Waals surface area contributed by atoms with Crippen molar-refractivity contribution < 1.29 is 28.5 Å². The van der Waals surface area contributed by atoms with E-state index in [1.165, 1.54) is 6.33 Å². The fourth-order valence-corrected chi connectivity index (χ4v) is 4.44. The molecule has 2 saturated heterocycles. The number of nitrogens with two attached hydrogens (primary N) is 1. The summed E-state index contributed by atoms with van der Waals surface area (Å²) >= 11 is 0. The molecule has 10 heteroatoms. The Bertz CT molecular complexity index is 1150. The summed E-state index contributed by atoms with van der Waals surface area (Å²) in [5.41, 5.74) is 7.34. The van der Waals surface area contributed by atoms with Crippen molar-refractivity contribution in [1.29, 1.82) is 0 Å². The minimum Gasteiger partial charge on any atom is -0.432 e. The number of carbonyl (C=O) groups is 1. The van der Waals surface area contributed by atoms with Gasteiger partial charge in [0.15, 0.2) is 12.1 Å². The maximum absolute atomic E-state index is 12.0. The van der Waals surface area contributed by atoms with Crippen LogP contribution in [0.4, 0.5) is 10.6 Å². The minimum atomic E-state index is -0.961. The van der Waals surface area contributed by atoms with Crippen molar-refractivity contribution in [3.8, 4) is 0 Å². The summed E-state index contributed by atoms with van der Waals surface area (Å²) in [6, 6.07) is 13.4. The number of aromatic nitrogens is 3. The number of rotatable bonds is 5. The molecule has 0 spiro atoms. The van der Waals surface area contributed by atoms with E-state index in [1.807, 2.05) is 49.4 Å². The van der Waals surface area contributed by atoms with Gasteiger partial charge < -0.3 is 29.4 Å². The zero-order valence-corrected chi connectivity index (χ0v) is 18.6. The van der Waals surface area contributed by atoms with Gasteiger partial charge in [0.25, 0.3) is 0 Å². The quantitative estimate of drug-likeness (QED) is 0.580. The van der Waals surface area contributed by atoms with Gasteiger partial charge >= 0.3 is 6.16 Å². The molecule has 2 aliphatic heterocycles. The Labute approximate surface area is 190 Å². The molecule has 3 aromatic rings. The van der Waals surface area contributed by atoms with Crippen LogP contribution in [0.2, 0.25) is 0 Å². The highest BCUT2D eigenvalue weighted by molar-refractivity contribution is 5.65. The van der Waals surface area contributed by atoms with E-state index in [-0.39, 0.29) is 12.7 Å². The molecule has 0 amide bonds. The van der Waals surface area contributed by atoms with Crippen molar-refractivity contribution in [2.45, 2.75) is 57.1 Å². The first-order valence-corrected chi connectivity index (χ1v) is 10.8. The molecule has 5 rings (SSSR count). The van der Waals surface area contributed by atoms with Crippen molar-refractivity contribution in [1.82, 2.24) is 14.6 Å². The number of ether oxygens (including phenoxy) is 5. The smallest absolute Gasteiger partial charge is 0.432 e. The van der Waals surface area contributed by atoms with Crippen molar-refractivity contribution >= 4 is 17.5 Å². The molecule has 2 fully saturated rings. The van der Waals surface area contributed by atoms with Crippen LogP contribution in [0.15, 0.2) is 48.8 Å². The molecule has 1 unspecified atom stereocenters. The van der Waals surface area contributed by atoms with Gasteiger partial charge in [-0.25, -0.2) is 14.3 Å². The lowest BCUT2D eigenvalue weighted by Gasteiger charge is -2.29. The largest absolute Gasteiger partial charge is 0.508 e. The van der Waals surface area contributed by atoms with Gasteiger partial charge in [0.1, 0.15) is 42.4 Å². The third kappa shape index (κ3) is 3.79. The van der Waals surface area contributed by atoms with Gasteiger partial charge in [-0.05, 0) is 32.9 Å². The summed E-state index contributed by atoms with van der Waals surface area (Å²) in [5, 5.41) is 4.36. The highest BCUT2D eigenvalue weighted by atomic mass is 16.8. The Hall–Kier alpha value is -3.21. The lowest BCUT2D eigenvalue weighted by molar-refractivity contribution is -0.173. The van der Waals surface area contributed by atoms with Crippen LogP contribution >= 0.6 is 0 Å². The van der Waals surface area contributed by atoms with Crippen molar-refractivity contribution in [2.75, 3.05) is 12.3 Å². The number of anilines is 1. The average Bonchev–Trinajstić information content (AvgIpc) is 3.48. The zero-order valence-electron chi connectivity index (χ0n) is 18.6. The number of benzene rings is 1. The molecule has 2 N–H and O–H groups in total. The third-order valence-electron chi connectivity index (χ3n) is 5.91. The Balaban J connectivity index is 1.47.